The average Bonchev–Trinajstić information content (AvgIpc) is 2.34. The predicted octanol–water partition coefficient (Wildman–Crippen LogP) is 3.97. The number of methoxy groups -OCH3 is 1. The number of nitrogens with zero attached hydrogens (tertiary/aromatic N) is 1. The van der Waals surface area contributed by atoms with E-state index in [4.69, 9.17) is 4.74 Å². The lowest BCUT2D eigenvalue weighted by atomic mass is 9.91. The van der Waals surface area contributed by atoms with Crippen molar-refractivity contribution in [2.45, 2.75) is 38.3 Å². The van der Waals surface area contributed by atoms with E-state index in [9.17, 15) is 4.39 Å². The van der Waals surface area contributed by atoms with E-state index >= 15 is 0 Å². The van der Waals surface area contributed by atoms with Gasteiger partial charge in [-0.05, 0) is 43.5 Å². The number of alkyl halides is 1. The van der Waals surface area contributed by atoms with Gasteiger partial charge in [0, 0.05) is 17.9 Å². The Hall–Kier alpha value is -0.610. The summed E-state index contributed by atoms with van der Waals surface area (Å²) in [6.45, 7) is 1.90. The maximum Gasteiger partial charge on any atom is 0.165 e. The molecule has 0 amide bonds. The van der Waals surface area contributed by atoms with Gasteiger partial charge < -0.3 is 4.74 Å². The molecule has 0 aliphatic heterocycles. The number of halogens is 2. The molecule has 4 heteroatoms. The largest absolute Gasteiger partial charge is 0.494 e. The Balaban J connectivity index is 2.01. The van der Waals surface area contributed by atoms with Crippen LogP contribution in [0, 0.1) is 5.82 Å². The average molecular weight is 330 g/mol. The van der Waals surface area contributed by atoms with E-state index in [2.05, 4.69) is 20.8 Å². The van der Waals surface area contributed by atoms with Crippen LogP contribution < -0.4 is 4.74 Å². The molecule has 1 aromatic carbocycles. The number of ether oxygens (including phenoxy) is 1. The molecule has 0 aromatic heterocycles. The maximum atomic E-state index is 13.7. The smallest absolute Gasteiger partial charge is 0.165 e. The van der Waals surface area contributed by atoms with Gasteiger partial charge in [0.15, 0.2) is 11.6 Å². The van der Waals surface area contributed by atoms with Crippen LogP contribution in [0.25, 0.3) is 0 Å². The van der Waals surface area contributed by atoms with Crippen molar-refractivity contribution in [2.75, 3.05) is 19.0 Å². The highest BCUT2D eigenvalue weighted by Crippen LogP contribution is 2.27. The molecule has 0 unspecified atom stereocenters. The molecule has 0 atom stereocenters. The zero-order valence-electron chi connectivity index (χ0n) is 11.4. The molecule has 106 valence electrons. The summed E-state index contributed by atoms with van der Waals surface area (Å²) in [4.78, 5) is 2.48. The van der Waals surface area contributed by atoms with Crippen molar-refractivity contribution < 1.29 is 9.13 Å². The molecule has 0 bridgehead atoms. The van der Waals surface area contributed by atoms with E-state index < -0.39 is 0 Å². The van der Waals surface area contributed by atoms with Crippen molar-refractivity contribution in [3.05, 3.63) is 29.6 Å². The van der Waals surface area contributed by atoms with Crippen LogP contribution in [-0.2, 0) is 6.54 Å². The molecule has 2 rings (SSSR count). The predicted molar refractivity (Wildman–Crippen MR) is 79.4 cm³/mol. The van der Waals surface area contributed by atoms with E-state index in [1.54, 1.807) is 12.1 Å². The van der Waals surface area contributed by atoms with Crippen LogP contribution in [0.3, 0.4) is 0 Å². The van der Waals surface area contributed by atoms with E-state index in [0.717, 1.165) is 30.4 Å². The highest BCUT2D eigenvalue weighted by Gasteiger charge is 2.24. The van der Waals surface area contributed by atoms with Crippen molar-refractivity contribution in [3.63, 3.8) is 0 Å². The third kappa shape index (κ3) is 3.93. The maximum absolute atomic E-state index is 13.7. The minimum Gasteiger partial charge on any atom is -0.494 e. The lowest BCUT2D eigenvalue weighted by Gasteiger charge is -2.37. The van der Waals surface area contributed by atoms with Gasteiger partial charge in [-0.1, -0.05) is 28.4 Å². The second-order valence-electron chi connectivity index (χ2n) is 5.07. The fourth-order valence-electron chi connectivity index (χ4n) is 2.45. The van der Waals surface area contributed by atoms with Crippen molar-refractivity contribution in [3.8, 4) is 5.75 Å². The molecular formula is C15H21BrFNO. The number of benzene rings is 1. The first-order valence-corrected chi connectivity index (χ1v) is 7.99. The van der Waals surface area contributed by atoms with Gasteiger partial charge in [-0.15, -0.1) is 0 Å². The molecule has 0 radical (unpaired) electrons. The van der Waals surface area contributed by atoms with Crippen molar-refractivity contribution in [1.29, 1.82) is 0 Å². The molecule has 0 N–H and O–H groups in total. The third-order valence-electron chi connectivity index (χ3n) is 3.77. The Bertz CT molecular complexity index is 409. The summed E-state index contributed by atoms with van der Waals surface area (Å²) in [5.74, 6) is 0.0495. The van der Waals surface area contributed by atoms with E-state index in [0.29, 0.717) is 11.8 Å². The fourth-order valence-corrected chi connectivity index (χ4v) is 2.70. The van der Waals surface area contributed by atoms with Crippen molar-refractivity contribution in [1.82, 2.24) is 4.90 Å². The van der Waals surface area contributed by atoms with Crippen LogP contribution in [0.2, 0.25) is 0 Å². The minimum absolute atomic E-state index is 0.269. The Labute approximate surface area is 123 Å². The van der Waals surface area contributed by atoms with Gasteiger partial charge in [-0.2, -0.15) is 0 Å². The molecule has 1 aliphatic rings. The SMILES string of the molecule is COc1ccc(CN(CCCBr)C2CCC2)cc1F. The molecule has 0 spiro atoms. The molecule has 1 saturated carbocycles. The van der Waals surface area contributed by atoms with Crippen LogP contribution in [0.5, 0.6) is 5.75 Å². The zero-order chi connectivity index (χ0) is 13.7. The van der Waals surface area contributed by atoms with E-state index in [1.165, 1.54) is 26.4 Å². The van der Waals surface area contributed by atoms with Gasteiger partial charge in [0.1, 0.15) is 0 Å². The second-order valence-corrected chi connectivity index (χ2v) is 5.86. The summed E-state index contributed by atoms with van der Waals surface area (Å²) >= 11 is 3.48. The standard InChI is InChI=1S/C15H21BrFNO/c1-19-15-7-6-12(10-14(15)17)11-18(9-3-8-16)13-4-2-5-13/h6-7,10,13H,2-5,8-9,11H2,1H3. The number of hydrogen-bond donors (Lipinski definition) is 0. The monoisotopic (exact) mass is 329 g/mol. The Kier molecular flexibility index (Phi) is 5.64. The first-order chi connectivity index (χ1) is 9.24. The summed E-state index contributed by atoms with van der Waals surface area (Å²) in [6.07, 6.45) is 5.02. The van der Waals surface area contributed by atoms with Gasteiger partial charge in [0.25, 0.3) is 0 Å². The van der Waals surface area contributed by atoms with E-state index in [1.807, 2.05) is 6.07 Å². The van der Waals surface area contributed by atoms with Crippen LogP contribution in [0.15, 0.2) is 18.2 Å². The molecule has 1 aliphatic carbocycles. The van der Waals surface area contributed by atoms with Crippen LogP contribution in [-0.4, -0.2) is 29.9 Å². The topological polar surface area (TPSA) is 12.5 Å². The molecule has 0 heterocycles. The summed E-state index contributed by atoms with van der Waals surface area (Å²) in [5.41, 5.74) is 1.03. The van der Waals surface area contributed by atoms with Crippen LogP contribution in [0.4, 0.5) is 4.39 Å². The van der Waals surface area contributed by atoms with Gasteiger partial charge in [-0.3, -0.25) is 4.90 Å². The van der Waals surface area contributed by atoms with Gasteiger partial charge in [0.05, 0.1) is 7.11 Å². The second kappa shape index (κ2) is 7.25. The van der Waals surface area contributed by atoms with Gasteiger partial charge >= 0.3 is 0 Å². The molecular weight excluding hydrogens is 309 g/mol. The first-order valence-electron chi connectivity index (χ1n) is 6.87. The minimum atomic E-state index is -0.269. The van der Waals surface area contributed by atoms with Crippen LogP contribution >= 0.6 is 15.9 Å². The Morgan fingerprint density at radius 3 is 2.74 bits per heavy atom. The first kappa shape index (κ1) is 14.8. The normalized spacial score (nSPS) is 15.6. The fraction of sp³-hybridized carbons (Fsp3) is 0.600. The highest BCUT2D eigenvalue weighted by atomic mass is 79.9. The lowest BCUT2D eigenvalue weighted by molar-refractivity contribution is 0.120. The van der Waals surface area contributed by atoms with Crippen molar-refractivity contribution in [2.24, 2.45) is 0 Å². The third-order valence-corrected chi connectivity index (χ3v) is 4.33. The summed E-state index contributed by atoms with van der Waals surface area (Å²) in [5, 5.41) is 1.02. The molecule has 1 fully saturated rings. The van der Waals surface area contributed by atoms with Crippen LogP contribution in [0.1, 0.15) is 31.2 Å². The van der Waals surface area contributed by atoms with Crippen molar-refractivity contribution >= 4 is 15.9 Å². The quantitative estimate of drug-likeness (QED) is 0.702. The molecule has 0 saturated heterocycles. The summed E-state index contributed by atoms with van der Waals surface area (Å²) in [6, 6.07) is 5.96. The molecule has 19 heavy (non-hydrogen) atoms. The van der Waals surface area contributed by atoms with E-state index in [-0.39, 0.29) is 5.82 Å². The summed E-state index contributed by atoms with van der Waals surface area (Å²) in [7, 11) is 1.49. The lowest BCUT2D eigenvalue weighted by Crippen LogP contribution is -2.40. The number of rotatable bonds is 7. The van der Waals surface area contributed by atoms with Gasteiger partial charge in [-0.25, -0.2) is 4.39 Å². The number of hydrogen-bond acceptors (Lipinski definition) is 2. The van der Waals surface area contributed by atoms with Gasteiger partial charge in [0.2, 0.25) is 0 Å². The Morgan fingerprint density at radius 1 is 1.42 bits per heavy atom. The highest BCUT2D eigenvalue weighted by molar-refractivity contribution is 9.09. The zero-order valence-corrected chi connectivity index (χ0v) is 13.0. The molecule has 1 aromatic rings. The Morgan fingerprint density at radius 2 is 2.21 bits per heavy atom. The molecule has 2 nitrogen and oxygen atoms in total. The summed E-state index contributed by atoms with van der Waals surface area (Å²) < 4.78 is 18.7.